The molecule has 1 atom stereocenters. The molecule has 0 spiro atoms. The summed E-state index contributed by atoms with van der Waals surface area (Å²) in [5.74, 6) is 0.794. The fourth-order valence-corrected chi connectivity index (χ4v) is 2.69. The molecule has 1 aromatic rings. The Morgan fingerprint density at radius 1 is 1.69 bits per heavy atom. The second kappa shape index (κ2) is 4.97. The molecule has 1 heterocycles. The van der Waals surface area contributed by atoms with Crippen molar-refractivity contribution in [2.24, 2.45) is 11.8 Å². The number of thiophene rings is 1. The standard InChI is InChI=1S/C12H17NO2S/c1-8(9-2-3-9)6-13-7-10-4-5-16-11(10)12(14)15/h4-5,8-9,13H,2-3,6-7H2,1H3,(H,14,15). The molecule has 0 amide bonds. The van der Waals surface area contributed by atoms with E-state index in [-0.39, 0.29) is 0 Å². The van der Waals surface area contributed by atoms with Gasteiger partial charge in [0.1, 0.15) is 4.88 Å². The lowest BCUT2D eigenvalue weighted by Crippen LogP contribution is -2.22. The Morgan fingerprint density at radius 3 is 3.06 bits per heavy atom. The third-order valence-corrected chi connectivity index (χ3v) is 4.09. The Balaban J connectivity index is 1.80. The molecule has 2 rings (SSSR count). The summed E-state index contributed by atoms with van der Waals surface area (Å²) < 4.78 is 0. The van der Waals surface area contributed by atoms with E-state index < -0.39 is 5.97 Å². The van der Waals surface area contributed by atoms with E-state index >= 15 is 0 Å². The molecule has 88 valence electrons. The highest BCUT2D eigenvalue weighted by atomic mass is 32.1. The molecule has 1 aliphatic carbocycles. The molecule has 4 heteroatoms. The average molecular weight is 239 g/mol. The molecule has 0 saturated heterocycles. The highest BCUT2D eigenvalue weighted by Gasteiger charge is 2.27. The monoisotopic (exact) mass is 239 g/mol. The van der Waals surface area contributed by atoms with Crippen molar-refractivity contribution in [1.82, 2.24) is 5.32 Å². The Hall–Kier alpha value is -0.870. The Morgan fingerprint density at radius 2 is 2.44 bits per heavy atom. The Kier molecular flexibility index (Phi) is 3.61. The minimum atomic E-state index is -0.818. The van der Waals surface area contributed by atoms with Crippen LogP contribution < -0.4 is 5.32 Å². The zero-order chi connectivity index (χ0) is 11.5. The van der Waals surface area contributed by atoms with Gasteiger partial charge in [-0.3, -0.25) is 0 Å². The first-order chi connectivity index (χ1) is 7.68. The number of hydrogen-bond donors (Lipinski definition) is 2. The first kappa shape index (κ1) is 11.6. The van der Waals surface area contributed by atoms with E-state index in [1.54, 1.807) is 0 Å². The highest BCUT2D eigenvalue weighted by Crippen LogP contribution is 2.36. The Bertz CT molecular complexity index is 371. The molecule has 0 radical (unpaired) electrons. The van der Waals surface area contributed by atoms with Gasteiger partial charge in [-0.1, -0.05) is 6.92 Å². The average Bonchev–Trinajstić information content (AvgIpc) is 2.98. The first-order valence-electron chi connectivity index (χ1n) is 5.69. The van der Waals surface area contributed by atoms with Crippen molar-refractivity contribution in [1.29, 1.82) is 0 Å². The summed E-state index contributed by atoms with van der Waals surface area (Å²) in [6.07, 6.45) is 2.73. The van der Waals surface area contributed by atoms with Crippen LogP contribution in [-0.4, -0.2) is 17.6 Å². The second-order valence-corrected chi connectivity index (χ2v) is 5.44. The lowest BCUT2D eigenvalue weighted by atomic mass is 10.1. The van der Waals surface area contributed by atoms with Crippen molar-refractivity contribution in [3.05, 3.63) is 21.9 Å². The molecule has 1 aliphatic rings. The summed E-state index contributed by atoms with van der Waals surface area (Å²) in [5.41, 5.74) is 0.903. The van der Waals surface area contributed by atoms with Crippen molar-refractivity contribution < 1.29 is 9.90 Å². The summed E-state index contributed by atoms with van der Waals surface area (Å²) in [6.45, 7) is 3.91. The van der Waals surface area contributed by atoms with Crippen LogP contribution in [0, 0.1) is 11.8 Å². The lowest BCUT2D eigenvalue weighted by molar-refractivity contribution is 0.0701. The number of carbonyl (C=O) groups is 1. The largest absolute Gasteiger partial charge is 0.477 e. The molecule has 0 aliphatic heterocycles. The summed E-state index contributed by atoms with van der Waals surface area (Å²) in [5, 5.41) is 14.1. The van der Waals surface area contributed by atoms with E-state index in [4.69, 9.17) is 5.11 Å². The zero-order valence-corrected chi connectivity index (χ0v) is 10.2. The fraction of sp³-hybridized carbons (Fsp3) is 0.583. The number of carboxylic acids is 1. The van der Waals surface area contributed by atoms with E-state index in [0.29, 0.717) is 17.3 Å². The maximum atomic E-state index is 10.9. The number of rotatable bonds is 6. The molecule has 2 N–H and O–H groups in total. The smallest absolute Gasteiger partial charge is 0.346 e. The van der Waals surface area contributed by atoms with Crippen molar-refractivity contribution in [3.8, 4) is 0 Å². The van der Waals surface area contributed by atoms with Gasteiger partial charge < -0.3 is 10.4 Å². The van der Waals surface area contributed by atoms with Gasteiger partial charge in [0.25, 0.3) is 0 Å². The van der Waals surface area contributed by atoms with E-state index in [1.165, 1.54) is 24.2 Å². The minimum absolute atomic E-state index is 0.464. The molecule has 3 nitrogen and oxygen atoms in total. The number of hydrogen-bond acceptors (Lipinski definition) is 3. The highest BCUT2D eigenvalue weighted by molar-refractivity contribution is 7.12. The summed E-state index contributed by atoms with van der Waals surface area (Å²) in [7, 11) is 0. The molecular formula is C12H17NO2S. The van der Waals surface area contributed by atoms with Crippen LogP contribution in [-0.2, 0) is 6.54 Å². The third-order valence-electron chi connectivity index (χ3n) is 3.15. The van der Waals surface area contributed by atoms with Gasteiger partial charge in [-0.05, 0) is 48.2 Å². The van der Waals surface area contributed by atoms with Crippen molar-refractivity contribution in [2.75, 3.05) is 6.54 Å². The summed E-state index contributed by atoms with van der Waals surface area (Å²) in [4.78, 5) is 11.3. The van der Waals surface area contributed by atoms with E-state index in [9.17, 15) is 4.79 Å². The first-order valence-corrected chi connectivity index (χ1v) is 6.57. The maximum Gasteiger partial charge on any atom is 0.346 e. The SMILES string of the molecule is CC(CNCc1ccsc1C(=O)O)C1CC1. The number of aromatic carboxylic acids is 1. The van der Waals surface area contributed by atoms with Crippen LogP contribution in [0.2, 0.25) is 0 Å². The van der Waals surface area contributed by atoms with Gasteiger partial charge in [0.15, 0.2) is 0 Å². The summed E-state index contributed by atoms with van der Waals surface area (Å²) >= 11 is 1.30. The quantitative estimate of drug-likeness (QED) is 0.802. The van der Waals surface area contributed by atoms with Gasteiger partial charge in [0, 0.05) is 6.54 Å². The van der Waals surface area contributed by atoms with Gasteiger partial charge >= 0.3 is 5.97 Å². The van der Waals surface area contributed by atoms with Crippen molar-refractivity contribution >= 4 is 17.3 Å². The molecular weight excluding hydrogens is 222 g/mol. The molecule has 1 aromatic heterocycles. The van der Waals surface area contributed by atoms with Crippen LogP contribution in [0.15, 0.2) is 11.4 Å². The molecule has 1 unspecified atom stereocenters. The lowest BCUT2D eigenvalue weighted by Gasteiger charge is -2.10. The second-order valence-electron chi connectivity index (χ2n) is 4.53. The normalized spacial score (nSPS) is 17.3. The van der Waals surface area contributed by atoms with Crippen LogP contribution in [0.25, 0.3) is 0 Å². The number of nitrogens with one attached hydrogen (secondary N) is 1. The molecule has 0 aromatic carbocycles. The molecule has 1 saturated carbocycles. The van der Waals surface area contributed by atoms with Crippen molar-refractivity contribution in [2.45, 2.75) is 26.3 Å². The summed E-state index contributed by atoms with van der Waals surface area (Å²) in [6, 6.07) is 1.89. The van der Waals surface area contributed by atoms with Crippen LogP contribution in [0.3, 0.4) is 0 Å². The van der Waals surface area contributed by atoms with E-state index in [1.807, 2.05) is 11.4 Å². The predicted molar refractivity (Wildman–Crippen MR) is 64.9 cm³/mol. The molecule has 16 heavy (non-hydrogen) atoms. The van der Waals surface area contributed by atoms with Gasteiger partial charge in [0.2, 0.25) is 0 Å². The molecule has 0 bridgehead atoms. The third kappa shape index (κ3) is 2.83. The topological polar surface area (TPSA) is 49.3 Å². The predicted octanol–water partition coefficient (Wildman–Crippen LogP) is 2.58. The van der Waals surface area contributed by atoms with Crippen LogP contribution in [0.5, 0.6) is 0 Å². The van der Waals surface area contributed by atoms with E-state index in [0.717, 1.165) is 18.0 Å². The van der Waals surface area contributed by atoms with Crippen LogP contribution in [0.4, 0.5) is 0 Å². The Labute approximate surface area is 99.5 Å². The van der Waals surface area contributed by atoms with Gasteiger partial charge in [-0.25, -0.2) is 4.79 Å². The maximum absolute atomic E-state index is 10.9. The molecule has 1 fully saturated rings. The van der Waals surface area contributed by atoms with E-state index in [2.05, 4.69) is 12.2 Å². The minimum Gasteiger partial charge on any atom is -0.477 e. The number of carboxylic acid groups (broad SMARTS) is 1. The van der Waals surface area contributed by atoms with Gasteiger partial charge in [-0.15, -0.1) is 11.3 Å². The van der Waals surface area contributed by atoms with Crippen LogP contribution >= 0.6 is 11.3 Å². The van der Waals surface area contributed by atoms with Crippen molar-refractivity contribution in [3.63, 3.8) is 0 Å². The van der Waals surface area contributed by atoms with Crippen LogP contribution in [0.1, 0.15) is 35.0 Å². The van der Waals surface area contributed by atoms with Gasteiger partial charge in [-0.2, -0.15) is 0 Å². The van der Waals surface area contributed by atoms with Gasteiger partial charge in [0.05, 0.1) is 0 Å². The zero-order valence-electron chi connectivity index (χ0n) is 9.40. The fourth-order valence-electron chi connectivity index (χ4n) is 1.93.